The van der Waals surface area contributed by atoms with E-state index >= 15 is 0 Å². The highest BCUT2D eigenvalue weighted by atomic mass is 79.9. The summed E-state index contributed by atoms with van der Waals surface area (Å²) in [6.45, 7) is 1.01. The van der Waals surface area contributed by atoms with Crippen LogP contribution in [0.4, 0.5) is 5.82 Å². The average molecular weight is 352 g/mol. The van der Waals surface area contributed by atoms with Crippen LogP contribution in [0.5, 0.6) is 0 Å². The number of anilines is 1. The van der Waals surface area contributed by atoms with E-state index in [0.29, 0.717) is 17.6 Å². The number of pyridine rings is 1. The molecule has 0 saturated heterocycles. The molecule has 1 rings (SSSR count). The quantitative estimate of drug-likeness (QED) is 0.566. The molecule has 0 aliphatic rings. The summed E-state index contributed by atoms with van der Waals surface area (Å²) >= 11 is 3.21. The number of nitrogens with two attached hydrogens (primary N) is 1. The lowest BCUT2D eigenvalue weighted by atomic mass is 10.5. The van der Waals surface area contributed by atoms with Gasteiger partial charge in [-0.25, -0.2) is 19.2 Å². The van der Waals surface area contributed by atoms with Crippen molar-refractivity contribution in [2.24, 2.45) is 5.84 Å². The van der Waals surface area contributed by atoms with Gasteiger partial charge in [0.1, 0.15) is 4.90 Å². The van der Waals surface area contributed by atoms with Crippen molar-refractivity contribution in [2.45, 2.75) is 4.90 Å². The summed E-state index contributed by atoms with van der Waals surface area (Å²) in [5.41, 5.74) is 2.30. The van der Waals surface area contributed by atoms with E-state index in [1.165, 1.54) is 23.6 Å². The van der Waals surface area contributed by atoms with Crippen LogP contribution in [-0.4, -0.2) is 56.8 Å². The van der Waals surface area contributed by atoms with E-state index in [4.69, 9.17) is 5.84 Å². The van der Waals surface area contributed by atoms with E-state index < -0.39 is 10.0 Å². The normalized spacial score (nSPS) is 12.2. The Balaban J connectivity index is 3.09. The van der Waals surface area contributed by atoms with E-state index in [9.17, 15) is 8.42 Å². The lowest BCUT2D eigenvalue weighted by Gasteiger charge is -2.20. The molecule has 19 heavy (non-hydrogen) atoms. The van der Waals surface area contributed by atoms with Crippen molar-refractivity contribution in [1.29, 1.82) is 0 Å². The van der Waals surface area contributed by atoms with E-state index in [-0.39, 0.29) is 10.7 Å². The smallest absolute Gasteiger partial charge is 0.246 e. The van der Waals surface area contributed by atoms with Gasteiger partial charge in [-0.15, -0.1) is 0 Å². The summed E-state index contributed by atoms with van der Waals surface area (Å²) in [6, 6.07) is 1.48. The second kappa shape index (κ2) is 6.62. The molecule has 0 aliphatic carbocycles. The minimum absolute atomic E-state index is 0.0469. The first-order chi connectivity index (χ1) is 8.78. The summed E-state index contributed by atoms with van der Waals surface area (Å²) in [5, 5.41) is 0. The maximum absolute atomic E-state index is 12.4. The van der Waals surface area contributed by atoms with Gasteiger partial charge in [0.25, 0.3) is 0 Å². The number of rotatable bonds is 6. The minimum atomic E-state index is -3.63. The van der Waals surface area contributed by atoms with E-state index in [2.05, 4.69) is 26.3 Å². The van der Waals surface area contributed by atoms with Crippen LogP contribution in [0.25, 0.3) is 0 Å². The summed E-state index contributed by atoms with van der Waals surface area (Å²) in [7, 11) is 1.67. The Kier molecular flexibility index (Phi) is 5.68. The Hall–Kier alpha value is -0.740. The number of halogens is 1. The molecule has 7 nitrogen and oxygen atoms in total. The molecule has 0 bridgehead atoms. The summed E-state index contributed by atoms with van der Waals surface area (Å²) < 4.78 is 26.7. The van der Waals surface area contributed by atoms with Gasteiger partial charge < -0.3 is 10.3 Å². The monoisotopic (exact) mass is 351 g/mol. The minimum Gasteiger partial charge on any atom is -0.308 e. The molecular weight excluding hydrogens is 334 g/mol. The molecule has 3 N–H and O–H groups in total. The fraction of sp³-hybridized carbons (Fsp3) is 0.500. The Morgan fingerprint density at radius 3 is 2.53 bits per heavy atom. The molecule has 0 aromatic carbocycles. The van der Waals surface area contributed by atoms with Crippen LogP contribution < -0.4 is 11.3 Å². The van der Waals surface area contributed by atoms with E-state index in [0.717, 1.165) is 0 Å². The molecule has 1 heterocycles. The first-order valence-electron chi connectivity index (χ1n) is 5.52. The number of likely N-dealkylation sites (N-methyl/N-ethyl adjacent to an activating group) is 2. The number of sulfonamides is 1. The molecule has 0 amide bonds. The standard InChI is InChI=1S/C10H18BrN5O2S/c1-15(2)4-5-16(3)19(17,18)9-6-8(11)7-13-10(9)14-12/h6-7H,4-5,12H2,1-3H3,(H,13,14). The van der Waals surface area contributed by atoms with Crippen LogP contribution in [0.3, 0.4) is 0 Å². The highest BCUT2D eigenvalue weighted by molar-refractivity contribution is 9.10. The van der Waals surface area contributed by atoms with Gasteiger partial charge in [0.2, 0.25) is 10.0 Å². The summed E-state index contributed by atoms with van der Waals surface area (Å²) in [6.07, 6.45) is 1.48. The van der Waals surface area contributed by atoms with E-state index in [1.807, 2.05) is 19.0 Å². The van der Waals surface area contributed by atoms with Crippen LogP contribution in [0.15, 0.2) is 21.6 Å². The van der Waals surface area contributed by atoms with Gasteiger partial charge in [0, 0.05) is 30.8 Å². The predicted molar refractivity (Wildman–Crippen MR) is 78.1 cm³/mol. The number of hydrazine groups is 1. The Bertz CT molecular complexity index is 535. The molecule has 0 fully saturated rings. The molecule has 0 atom stereocenters. The van der Waals surface area contributed by atoms with Crippen LogP contribution in [0, 0.1) is 0 Å². The van der Waals surface area contributed by atoms with Crippen molar-refractivity contribution in [3.63, 3.8) is 0 Å². The third kappa shape index (κ3) is 4.11. The summed E-state index contributed by atoms with van der Waals surface area (Å²) in [5.74, 6) is 5.43. The number of hydrogen-bond acceptors (Lipinski definition) is 6. The largest absolute Gasteiger partial charge is 0.308 e. The van der Waals surface area contributed by atoms with Crippen molar-refractivity contribution < 1.29 is 8.42 Å². The number of nitrogens with one attached hydrogen (secondary N) is 1. The van der Waals surface area contributed by atoms with Gasteiger partial charge >= 0.3 is 0 Å². The second-order valence-electron chi connectivity index (χ2n) is 4.27. The molecule has 108 valence electrons. The molecule has 0 saturated carbocycles. The van der Waals surface area contributed by atoms with Gasteiger partial charge in [-0.3, -0.25) is 0 Å². The first kappa shape index (κ1) is 16.3. The third-order valence-corrected chi connectivity index (χ3v) is 4.81. The zero-order valence-corrected chi connectivity index (χ0v) is 13.5. The zero-order chi connectivity index (χ0) is 14.6. The van der Waals surface area contributed by atoms with Gasteiger partial charge in [0.05, 0.1) is 0 Å². The lowest BCUT2D eigenvalue weighted by molar-refractivity contribution is 0.358. The fourth-order valence-corrected chi connectivity index (χ4v) is 3.13. The topological polar surface area (TPSA) is 91.6 Å². The molecule has 0 radical (unpaired) electrons. The summed E-state index contributed by atoms with van der Waals surface area (Å²) in [4.78, 5) is 5.90. The first-order valence-corrected chi connectivity index (χ1v) is 7.75. The third-order valence-electron chi connectivity index (χ3n) is 2.51. The maximum atomic E-state index is 12.4. The van der Waals surface area contributed by atoms with Gasteiger partial charge in [-0.05, 0) is 36.1 Å². The van der Waals surface area contributed by atoms with Crippen LogP contribution in [0.1, 0.15) is 0 Å². The Morgan fingerprint density at radius 2 is 2.00 bits per heavy atom. The SMILES string of the molecule is CN(C)CCN(C)S(=O)(=O)c1cc(Br)cnc1NN. The van der Waals surface area contributed by atoms with Gasteiger partial charge in [-0.2, -0.15) is 4.31 Å². The Labute approximate surface area is 121 Å². The van der Waals surface area contributed by atoms with Crippen molar-refractivity contribution in [3.8, 4) is 0 Å². The molecule has 1 aromatic rings. The number of hydrogen-bond donors (Lipinski definition) is 2. The van der Waals surface area contributed by atoms with Crippen molar-refractivity contribution in [1.82, 2.24) is 14.2 Å². The van der Waals surface area contributed by atoms with Crippen LogP contribution in [0.2, 0.25) is 0 Å². The van der Waals surface area contributed by atoms with Crippen LogP contribution >= 0.6 is 15.9 Å². The van der Waals surface area contributed by atoms with Crippen molar-refractivity contribution in [2.75, 3.05) is 39.7 Å². The van der Waals surface area contributed by atoms with E-state index in [1.54, 1.807) is 0 Å². The van der Waals surface area contributed by atoms with Crippen molar-refractivity contribution >= 4 is 31.8 Å². The van der Waals surface area contributed by atoms with Gasteiger partial charge in [-0.1, -0.05) is 0 Å². The Morgan fingerprint density at radius 1 is 1.37 bits per heavy atom. The zero-order valence-electron chi connectivity index (χ0n) is 11.1. The second-order valence-corrected chi connectivity index (χ2v) is 7.20. The maximum Gasteiger partial charge on any atom is 0.246 e. The predicted octanol–water partition coefficient (Wildman–Crippen LogP) is 0.312. The highest BCUT2D eigenvalue weighted by Crippen LogP contribution is 2.24. The number of nitrogen functional groups attached to an aromatic ring is 1. The highest BCUT2D eigenvalue weighted by Gasteiger charge is 2.25. The van der Waals surface area contributed by atoms with Gasteiger partial charge in [0.15, 0.2) is 5.82 Å². The fourth-order valence-electron chi connectivity index (χ4n) is 1.35. The molecular formula is C10H18BrN5O2S. The molecule has 0 aliphatic heterocycles. The number of nitrogens with zero attached hydrogens (tertiary/aromatic N) is 3. The molecule has 0 unspecified atom stereocenters. The average Bonchev–Trinajstić information content (AvgIpc) is 2.35. The lowest BCUT2D eigenvalue weighted by Crippen LogP contribution is -2.34. The van der Waals surface area contributed by atoms with Crippen LogP contribution in [-0.2, 0) is 10.0 Å². The number of aromatic nitrogens is 1. The molecule has 1 aromatic heterocycles. The van der Waals surface area contributed by atoms with Crippen molar-refractivity contribution in [3.05, 3.63) is 16.7 Å². The molecule has 0 spiro atoms. The molecule has 9 heteroatoms.